The third-order valence-electron chi connectivity index (χ3n) is 2.37. The largest absolute Gasteiger partial charge is 0.335 e. The Labute approximate surface area is 110 Å². The Balaban J connectivity index is 3.01. The van der Waals surface area contributed by atoms with Crippen molar-refractivity contribution >= 4 is 29.1 Å². The minimum atomic E-state index is -0.458. The maximum atomic E-state index is 12.9. The van der Waals surface area contributed by atoms with Gasteiger partial charge >= 0.3 is 0 Å². The van der Waals surface area contributed by atoms with Crippen molar-refractivity contribution in [2.75, 3.05) is 12.4 Å². The Morgan fingerprint density at radius 3 is 2.59 bits per heavy atom. The maximum absolute atomic E-state index is 12.9. The Hall–Kier alpha value is -0.800. The van der Waals surface area contributed by atoms with Crippen molar-refractivity contribution in [2.24, 2.45) is 0 Å². The highest BCUT2D eigenvalue weighted by Gasteiger charge is 2.20. The minimum absolute atomic E-state index is 0.0161. The highest BCUT2D eigenvalue weighted by Crippen LogP contribution is 2.20. The van der Waals surface area contributed by atoms with E-state index in [-0.39, 0.29) is 17.0 Å². The summed E-state index contributed by atoms with van der Waals surface area (Å²) in [5.74, 6) is -0.339. The molecule has 0 fully saturated rings. The second-order valence-electron chi connectivity index (χ2n) is 3.91. The molecular formula is C12H14Cl2FNO. The molecule has 1 aromatic rings. The van der Waals surface area contributed by atoms with Crippen LogP contribution in [0.4, 0.5) is 4.39 Å². The highest BCUT2D eigenvalue weighted by atomic mass is 35.5. The summed E-state index contributed by atoms with van der Waals surface area (Å²) in [6.07, 6.45) is 0. The molecule has 0 unspecified atom stereocenters. The van der Waals surface area contributed by atoms with Crippen molar-refractivity contribution in [2.45, 2.75) is 19.9 Å². The first-order valence-corrected chi connectivity index (χ1v) is 6.20. The van der Waals surface area contributed by atoms with Gasteiger partial charge in [0.2, 0.25) is 0 Å². The number of amides is 1. The number of carbonyl (C=O) groups is 1. The summed E-state index contributed by atoms with van der Waals surface area (Å²) in [5.41, 5.74) is 0.298. The molecule has 94 valence electrons. The lowest BCUT2D eigenvalue weighted by Gasteiger charge is -2.26. The van der Waals surface area contributed by atoms with Crippen molar-refractivity contribution in [1.29, 1.82) is 0 Å². The molecule has 0 saturated carbocycles. The van der Waals surface area contributed by atoms with Crippen molar-refractivity contribution in [1.82, 2.24) is 4.90 Å². The molecule has 0 heterocycles. The molecule has 1 rings (SSSR count). The molecule has 17 heavy (non-hydrogen) atoms. The molecule has 0 radical (unpaired) electrons. The summed E-state index contributed by atoms with van der Waals surface area (Å²) < 4.78 is 12.9. The van der Waals surface area contributed by atoms with Crippen LogP contribution in [0.5, 0.6) is 0 Å². The standard InChI is InChI=1S/C12H14Cl2FNO/c1-8(2)16(6-5-13)12(17)10-4-3-9(15)7-11(10)14/h3-4,7-8H,5-6H2,1-2H3. The molecule has 0 aliphatic rings. The van der Waals surface area contributed by atoms with Crippen LogP contribution >= 0.6 is 23.2 Å². The van der Waals surface area contributed by atoms with E-state index in [1.54, 1.807) is 4.90 Å². The van der Waals surface area contributed by atoms with Crippen molar-refractivity contribution < 1.29 is 9.18 Å². The number of rotatable bonds is 4. The number of carbonyl (C=O) groups excluding carboxylic acids is 1. The van der Waals surface area contributed by atoms with Crippen LogP contribution in [0.3, 0.4) is 0 Å². The third-order valence-corrected chi connectivity index (χ3v) is 2.85. The van der Waals surface area contributed by atoms with Gasteiger partial charge in [0.15, 0.2) is 0 Å². The van der Waals surface area contributed by atoms with E-state index in [9.17, 15) is 9.18 Å². The van der Waals surface area contributed by atoms with Crippen LogP contribution in [0.2, 0.25) is 5.02 Å². The zero-order valence-electron chi connectivity index (χ0n) is 9.71. The summed E-state index contributed by atoms with van der Waals surface area (Å²) in [4.78, 5) is 13.8. The number of nitrogens with zero attached hydrogens (tertiary/aromatic N) is 1. The molecule has 0 saturated heterocycles. The van der Waals surface area contributed by atoms with Crippen LogP contribution in [-0.2, 0) is 0 Å². The maximum Gasteiger partial charge on any atom is 0.255 e. The van der Waals surface area contributed by atoms with Crippen molar-refractivity contribution in [3.05, 3.63) is 34.6 Å². The van der Waals surface area contributed by atoms with E-state index in [2.05, 4.69) is 0 Å². The van der Waals surface area contributed by atoms with Gasteiger partial charge in [-0.2, -0.15) is 0 Å². The first-order chi connectivity index (χ1) is 7.97. The molecule has 0 aromatic heterocycles. The van der Waals surface area contributed by atoms with Gasteiger partial charge < -0.3 is 4.90 Å². The molecule has 0 spiro atoms. The summed E-state index contributed by atoms with van der Waals surface area (Å²) in [5, 5.41) is 0.121. The zero-order chi connectivity index (χ0) is 13.0. The van der Waals surface area contributed by atoms with Gasteiger partial charge in [-0.15, -0.1) is 11.6 Å². The molecule has 1 aromatic carbocycles. The lowest BCUT2D eigenvalue weighted by atomic mass is 10.1. The van der Waals surface area contributed by atoms with Gasteiger partial charge in [-0.05, 0) is 32.0 Å². The molecule has 0 bridgehead atoms. The van der Waals surface area contributed by atoms with E-state index in [0.717, 1.165) is 6.07 Å². The number of hydrogen-bond acceptors (Lipinski definition) is 1. The average molecular weight is 278 g/mol. The first-order valence-electron chi connectivity index (χ1n) is 5.29. The molecule has 1 amide bonds. The van der Waals surface area contributed by atoms with Gasteiger partial charge in [0, 0.05) is 18.5 Å². The van der Waals surface area contributed by atoms with E-state index >= 15 is 0 Å². The first kappa shape index (κ1) is 14.3. The lowest BCUT2D eigenvalue weighted by Crippen LogP contribution is -2.38. The van der Waals surface area contributed by atoms with Crippen molar-refractivity contribution in [3.8, 4) is 0 Å². The third kappa shape index (κ3) is 3.58. The molecule has 0 aliphatic carbocycles. The smallest absolute Gasteiger partial charge is 0.255 e. The Bertz CT molecular complexity index is 409. The van der Waals surface area contributed by atoms with Gasteiger partial charge in [0.05, 0.1) is 10.6 Å². The SMILES string of the molecule is CC(C)N(CCCl)C(=O)c1ccc(F)cc1Cl. The van der Waals surface area contributed by atoms with Gasteiger partial charge in [-0.3, -0.25) is 4.79 Å². The summed E-state index contributed by atoms with van der Waals surface area (Å²) in [7, 11) is 0. The molecule has 0 aliphatic heterocycles. The van der Waals surface area contributed by atoms with Gasteiger partial charge in [0.25, 0.3) is 5.91 Å². The van der Waals surface area contributed by atoms with Crippen LogP contribution in [0.15, 0.2) is 18.2 Å². The number of halogens is 3. The Morgan fingerprint density at radius 2 is 2.12 bits per heavy atom. The van der Waals surface area contributed by atoms with Crippen LogP contribution in [0.25, 0.3) is 0 Å². The fourth-order valence-corrected chi connectivity index (χ4v) is 1.93. The van der Waals surface area contributed by atoms with E-state index < -0.39 is 5.82 Å². The lowest BCUT2D eigenvalue weighted by molar-refractivity contribution is 0.0718. The minimum Gasteiger partial charge on any atom is -0.335 e. The fourth-order valence-electron chi connectivity index (χ4n) is 1.50. The summed E-state index contributed by atoms with van der Waals surface area (Å²) >= 11 is 11.5. The van der Waals surface area contributed by atoms with Gasteiger partial charge in [0.1, 0.15) is 5.82 Å². The van der Waals surface area contributed by atoms with Crippen LogP contribution < -0.4 is 0 Å². The second-order valence-corrected chi connectivity index (χ2v) is 4.69. The average Bonchev–Trinajstić information content (AvgIpc) is 2.24. The predicted octanol–water partition coefficient (Wildman–Crippen LogP) is 3.57. The van der Waals surface area contributed by atoms with Gasteiger partial charge in [-0.1, -0.05) is 11.6 Å². The van der Waals surface area contributed by atoms with Crippen molar-refractivity contribution in [3.63, 3.8) is 0 Å². The summed E-state index contributed by atoms with van der Waals surface area (Å²) in [6.45, 7) is 4.22. The zero-order valence-corrected chi connectivity index (χ0v) is 11.2. The number of hydrogen-bond donors (Lipinski definition) is 0. The van der Waals surface area contributed by atoms with E-state index in [1.165, 1.54) is 12.1 Å². The van der Waals surface area contributed by atoms with E-state index in [4.69, 9.17) is 23.2 Å². The molecule has 0 N–H and O–H groups in total. The van der Waals surface area contributed by atoms with Crippen LogP contribution in [0.1, 0.15) is 24.2 Å². The predicted molar refractivity (Wildman–Crippen MR) is 68.3 cm³/mol. The quantitative estimate of drug-likeness (QED) is 0.771. The number of alkyl halides is 1. The molecule has 2 nitrogen and oxygen atoms in total. The molecular weight excluding hydrogens is 264 g/mol. The fraction of sp³-hybridized carbons (Fsp3) is 0.417. The monoisotopic (exact) mass is 277 g/mol. The van der Waals surface area contributed by atoms with Gasteiger partial charge in [-0.25, -0.2) is 4.39 Å². The van der Waals surface area contributed by atoms with E-state index in [0.29, 0.717) is 18.0 Å². The summed E-state index contributed by atoms with van der Waals surface area (Å²) in [6, 6.07) is 3.76. The normalized spacial score (nSPS) is 10.7. The molecule has 5 heteroatoms. The molecule has 0 atom stereocenters. The van der Waals surface area contributed by atoms with Crippen LogP contribution in [0, 0.1) is 5.82 Å². The second kappa shape index (κ2) is 6.22. The van der Waals surface area contributed by atoms with Crippen LogP contribution in [-0.4, -0.2) is 29.3 Å². The number of benzene rings is 1. The topological polar surface area (TPSA) is 20.3 Å². The van der Waals surface area contributed by atoms with E-state index in [1.807, 2.05) is 13.8 Å². The Kier molecular flexibility index (Phi) is 5.22. The highest BCUT2D eigenvalue weighted by molar-refractivity contribution is 6.33. The Morgan fingerprint density at radius 1 is 1.47 bits per heavy atom.